The summed E-state index contributed by atoms with van der Waals surface area (Å²) < 4.78 is 50.2. The Bertz CT molecular complexity index is 518. The molecule has 2 rings (SSSR count). The van der Waals surface area contributed by atoms with E-state index in [0.29, 0.717) is 0 Å². The Morgan fingerprint density at radius 1 is 1.29 bits per heavy atom. The van der Waals surface area contributed by atoms with Crippen LogP contribution in [0.3, 0.4) is 0 Å². The smallest absolute Gasteiger partial charge is 0.237 e. The van der Waals surface area contributed by atoms with Crippen LogP contribution in [0.4, 0.5) is 8.78 Å². The fourth-order valence-corrected chi connectivity index (χ4v) is 2.67. The predicted molar refractivity (Wildman–Crippen MR) is 58.5 cm³/mol. The third kappa shape index (κ3) is 2.46. The van der Waals surface area contributed by atoms with Crippen LogP contribution in [-0.4, -0.2) is 25.8 Å². The van der Waals surface area contributed by atoms with Crippen LogP contribution in [0.5, 0.6) is 0 Å². The highest BCUT2D eigenvalue weighted by molar-refractivity contribution is 7.86. The molecule has 0 bridgehead atoms. The molecular weight excluding hydrogens is 250 g/mol. The summed E-state index contributed by atoms with van der Waals surface area (Å²) in [6.45, 7) is -0.288. The molecule has 1 fully saturated rings. The summed E-state index contributed by atoms with van der Waals surface area (Å²) >= 11 is 0. The van der Waals surface area contributed by atoms with Gasteiger partial charge in [0, 0.05) is 13.0 Å². The molecule has 1 aromatic rings. The highest BCUT2D eigenvalue weighted by Crippen LogP contribution is 2.36. The first kappa shape index (κ1) is 12.4. The summed E-state index contributed by atoms with van der Waals surface area (Å²) in [6.07, 6.45) is 0.0229. The Balaban J connectivity index is 2.25. The van der Waals surface area contributed by atoms with Crippen molar-refractivity contribution in [2.24, 2.45) is 5.14 Å². The monoisotopic (exact) mass is 262 g/mol. The molecule has 94 valence electrons. The molecule has 0 aromatic heterocycles. The molecule has 4 nitrogen and oxygen atoms in total. The Morgan fingerprint density at radius 2 is 1.88 bits per heavy atom. The second kappa shape index (κ2) is 4.01. The van der Waals surface area contributed by atoms with Crippen molar-refractivity contribution in [3.63, 3.8) is 0 Å². The van der Waals surface area contributed by atoms with Gasteiger partial charge >= 0.3 is 0 Å². The van der Waals surface area contributed by atoms with Gasteiger partial charge in [0.2, 0.25) is 0 Å². The summed E-state index contributed by atoms with van der Waals surface area (Å²) in [5.74, 6) is -0.460. The lowest BCUT2D eigenvalue weighted by Gasteiger charge is -2.20. The summed E-state index contributed by atoms with van der Waals surface area (Å²) in [5.41, 5.74) is -1.52. The summed E-state index contributed by atoms with van der Waals surface area (Å²) in [4.78, 5) is 0. The van der Waals surface area contributed by atoms with Crippen LogP contribution >= 0.6 is 0 Å². The van der Waals surface area contributed by atoms with E-state index in [0.717, 1.165) is 16.4 Å². The van der Waals surface area contributed by atoms with Crippen LogP contribution in [0.2, 0.25) is 0 Å². The molecule has 0 saturated carbocycles. The van der Waals surface area contributed by atoms with Gasteiger partial charge in [-0.15, -0.1) is 0 Å². The van der Waals surface area contributed by atoms with Crippen molar-refractivity contribution in [3.05, 3.63) is 35.6 Å². The van der Waals surface area contributed by atoms with Crippen molar-refractivity contribution in [2.45, 2.75) is 12.1 Å². The first-order valence-corrected chi connectivity index (χ1v) is 6.54. The number of nitrogens with two attached hydrogens (primary N) is 1. The van der Waals surface area contributed by atoms with Gasteiger partial charge in [-0.25, -0.2) is 13.9 Å². The molecule has 1 aliphatic rings. The van der Waals surface area contributed by atoms with Crippen LogP contribution in [0.15, 0.2) is 24.3 Å². The average molecular weight is 262 g/mol. The zero-order valence-electron chi connectivity index (χ0n) is 8.94. The van der Waals surface area contributed by atoms with Crippen molar-refractivity contribution in [1.82, 2.24) is 4.31 Å². The van der Waals surface area contributed by atoms with E-state index in [1.807, 2.05) is 0 Å². The Kier molecular flexibility index (Phi) is 2.92. The maximum Gasteiger partial charge on any atom is 0.277 e. The van der Waals surface area contributed by atoms with Gasteiger partial charge in [0.25, 0.3) is 10.2 Å². The van der Waals surface area contributed by atoms with Crippen molar-refractivity contribution in [3.8, 4) is 0 Å². The molecule has 1 aromatic carbocycles. The van der Waals surface area contributed by atoms with E-state index in [4.69, 9.17) is 5.14 Å². The van der Waals surface area contributed by atoms with Gasteiger partial charge in [-0.3, -0.25) is 0 Å². The number of benzene rings is 1. The number of alkyl halides is 1. The molecule has 1 atom stereocenters. The Hall–Kier alpha value is -1.05. The van der Waals surface area contributed by atoms with Gasteiger partial charge in [0.15, 0.2) is 5.67 Å². The predicted octanol–water partition coefficient (Wildman–Crippen LogP) is 0.900. The van der Waals surface area contributed by atoms with Gasteiger partial charge in [-0.05, 0) is 17.7 Å². The molecule has 1 heterocycles. The van der Waals surface area contributed by atoms with Crippen LogP contribution in [0.25, 0.3) is 0 Å². The van der Waals surface area contributed by atoms with E-state index in [2.05, 4.69) is 0 Å². The minimum Gasteiger partial charge on any atom is -0.237 e. The minimum absolute atomic E-state index is 0.0229. The van der Waals surface area contributed by atoms with Gasteiger partial charge in [-0.1, -0.05) is 12.1 Å². The molecule has 0 aliphatic carbocycles. The number of halogens is 2. The van der Waals surface area contributed by atoms with Crippen molar-refractivity contribution in [2.75, 3.05) is 13.1 Å². The number of hydrogen-bond acceptors (Lipinski definition) is 2. The van der Waals surface area contributed by atoms with E-state index in [1.165, 1.54) is 12.1 Å². The number of rotatable bonds is 2. The van der Waals surface area contributed by atoms with E-state index in [9.17, 15) is 17.2 Å². The van der Waals surface area contributed by atoms with E-state index in [-0.39, 0.29) is 25.1 Å². The maximum atomic E-state index is 14.5. The van der Waals surface area contributed by atoms with Gasteiger partial charge in [0.05, 0.1) is 6.54 Å². The average Bonchev–Trinajstić information content (AvgIpc) is 2.62. The first-order valence-electron chi connectivity index (χ1n) is 5.04. The molecule has 1 unspecified atom stereocenters. The van der Waals surface area contributed by atoms with E-state index >= 15 is 0 Å². The second-order valence-electron chi connectivity index (χ2n) is 4.10. The van der Waals surface area contributed by atoms with Crippen LogP contribution in [0, 0.1) is 5.82 Å². The van der Waals surface area contributed by atoms with Crippen LogP contribution < -0.4 is 5.14 Å². The highest BCUT2D eigenvalue weighted by Gasteiger charge is 2.43. The molecule has 2 N–H and O–H groups in total. The summed E-state index contributed by atoms with van der Waals surface area (Å²) in [5, 5.41) is 4.94. The van der Waals surface area contributed by atoms with E-state index in [1.54, 1.807) is 0 Å². The van der Waals surface area contributed by atoms with Crippen molar-refractivity contribution >= 4 is 10.2 Å². The SMILES string of the molecule is NS(=O)(=O)N1CCC(F)(c2ccc(F)cc2)C1. The third-order valence-electron chi connectivity index (χ3n) is 2.91. The molecule has 0 spiro atoms. The molecule has 0 radical (unpaired) electrons. The topological polar surface area (TPSA) is 63.4 Å². The minimum atomic E-state index is -3.87. The van der Waals surface area contributed by atoms with Crippen molar-refractivity contribution in [1.29, 1.82) is 0 Å². The standard InChI is InChI=1S/C10H12F2N2O2S/c11-9-3-1-8(2-4-9)10(12)5-6-14(7-10)17(13,15)16/h1-4H,5-7H2,(H2,13,15,16). The lowest BCUT2D eigenvalue weighted by molar-refractivity contribution is 0.183. The molecule has 0 amide bonds. The largest absolute Gasteiger partial charge is 0.277 e. The number of hydrogen-bond donors (Lipinski definition) is 1. The molecular formula is C10H12F2N2O2S. The second-order valence-corrected chi connectivity index (χ2v) is 5.65. The lowest BCUT2D eigenvalue weighted by Crippen LogP contribution is -2.36. The molecule has 7 heteroatoms. The van der Waals surface area contributed by atoms with Crippen molar-refractivity contribution < 1.29 is 17.2 Å². The maximum absolute atomic E-state index is 14.5. The van der Waals surface area contributed by atoms with Gasteiger partial charge < -0.3 is 0 Å². The molecule has 17 heavy (non-hydrogen) atoms. The van der Waals surface area contributed by atoms with Gasteiger partial charge in [-0.2, -0.15) is 12.7 Å². The van der Waals surface area contributed by atoms with E-state index < -0.39 is 21.7 Å². The summed E-state index contributed by atoms with van der Waals surface area (Å²) in [7, 11) is -3.87. The normalized spacial score (nSPS) is 26.3. The zero-order chi connectivity index (χ0) is 12.7. The Morgan fingerprint density at radius 3 is 2.35 bits per heavy atom. The lowest BCUT2D eigenvalue weighted by atomic mass is 9.95. The third-order valence-corrected chi connectivity index (χ3v) is 3.94. The van der Waals surface area contributed by atoms with Crippen LogP contribution in [-0.2, 0) is 15.9 Å². The first-order chi connectivity index (χ1) is 7.81. The Labute approximate surface area is 98.2 Å². The van der Waals surface area contributed by atoms with Crippen LogP contribution in [0.1, 0.15) is 12.0 Å². The highest BCUT2D eigenvalue weighted by atomic mass is 32.2. The quantitative estimate of drug-likeness (QED) is 0.860. The number of nitrogens with zero attached hydrogens (tertiary/aromatic N) is 1. The fraction of sp³-hybridized carbons (Fsp3) is 0.400. The molecule has 1 aliphatic heterocycles. The fourth-order valence-electron chi connectivity index (χ4n) is 1.94. The van der Waals surface area contributed by atoms with Gasteiger partial charge in [0.1, 0.15) is 5.82 Å². The molecule has 1 saturated heterocycles. The zero-order valence-corrected chi connectivity index (χ0v) is 9.75. The summed E-state index contributed by atoms with van der Waals surface area (Å²) in [6, 6.07) is 4.94.